The van der Waals surface area contributed by atoms with Gasteiger partial charge in [0.05, 0.1) is 0 Å². The highest BCUT2D eigenvalue weighted by Crippen LogP contribution is 2.30. The Balaban J connectivity index is 2.53. The maximum Gasteiger partial charge on any atom is 0.137 e. The molecule has 13 heavy (non-hydrogen) atoms. The van der Waals surface area contributed by atoms with Crippen LogP contribution in [0.4, 0.5) is 0 Å². The van der Waals surface area contributed by atoms with Gasteiger partial charge in [-0.2, -0.15) is 0 Å². The molecule has 0 atom stereocenters. The van der Waals surface area contributed by atoms with Crippen molar-refractivity contribution in [2.75, 3.05) is 0 Å². The topological polar surface area (TPSA) is 37.3 Å². The normalized spacial score (nSPS) is 15.6. The number of phenolic OH excluding ortho intramolecular Hbond substituents is 1. The molecule has 0 spiro atoms. The van der Waals surface area contributed by atoms with Crippen LogP contribution in [0.1, 0.15) is 17.5 Å². The van der Waals surface area contributed by atoms with Crippen LogP contribution in [0.25, 0.3) is 0 Å². The number of fused-ring (bicyclic) bond motifs is 1. The second kappa shape index (κ2) is 3.04. The fraction of sp³-hybridized carbons (Fsp3) is 0.300. The minimum atomic E-state index is 0.179. The number of hydrogen-bond donors (Lipinski definition) is 1. The summed E-state index contributed by atoms with van der Waals surface area (Å²) >= 11 is 5.90. The molecular formula is C10H9ClO2. The lowest BCUT2D eigenvalue weighted by Crippen LogP contribution is -2.13. The zero-order valence-electron chi connectivity index (χ0n) is 7.01. The Bertz CT molecular complexity index is 371. The van der Waals surface area contributed by atoms with Crippen molar-refractivity contribution in [1.82, 2.24) is 0 Å². The summed E-state index contributed by atoms with van der Waals surface area (Å²) in [5, 5.41) is 9.77. The van der Waals surface area contributed by atoms with E-state index in [1.54, 1.807) is 6.07 Å². The number of benzene rings is 1. The lowest BCUT2D eigenvalue weighted by atomic mass is 9.91. The van der Waals surface area contributed by atoms with Gasteiger partial charge in [-0.15, -0.1) is 0 Å². The van der Waals surface area contributed by atoms with Crippen LogP contribution in [0.15, 0.2) is 12.1 Å². The van der Waals surface area contributed by atoms with E-state index in [1.807, 2.05) is 0 Å². The summed E-state index contributed by atoms with van der Waals surface area (Å²) in [5.41, 5.74) is 1.89. The summed E-state index contributed by atoms with van der Waals surface area (Å²) in [6.07, 6.45) is 1.67. The Labute approximate surface area is 81.1 Å². The maximum atomic E-state index is 11.1. The lowest BCUT2D eigenvalue weighted by Gasteiger charge is -2.16. The zero-order valence-corrected chi connectivity index (χ0v) is 7.77. The SMILES string of the molecule is O=C1CCc2cc(O)cc(Cl)c2C1. The van der Waals surface area contributed by atoms with Crippen molar-refractivity contribution in [3.8, 4) is 5.75 Å². The highest BCUT2D eigenvalue weighted by Gasteiger charge is 2.18. The summed E-state index contributed by atoms with van der Waals surface area (Å²) in [7, 11) is 0. The molecule has 0 fully saturated rings. The third-order valence-corrected chi connectivity index (χ3v) is 2.66. The molecule has 68 valence electrons. The zero-order chi connectivity index (χ0) is 9.42. The van der Waals surface area contributed by atoms with Crippen LogP contribution in [0.3, 0.4) is 0 Å². The van der Waals surface area contributed by atoms with E-state index in [2.05, 4.69) is 0 Å². The molecule has 3 heteroatoms. The average Bonchev–Trinajstić information content (AvgIpc) is 2.06. The highest BCUT2D eigenvalue weighted by molar-refractivity contribution is 6.31. The Kier molecular flexibility index (Phi) is 2.00. The summed E-state index contributed by atoms with van der Waals surface area (Å²) in [6, 6.07) is 3.17. The summed E-state index contributed by atoms with van der Waals surface area (Å²) in [5.74, 6) is 0.401. The first-order chi connectivity index (χ1) is 6.16. The van der Waals surface area contributed by atoms with Gasteiger partial charge in [-0.05, 0) is 29.7 Å². The van der Waals surface area contributed by atoms with Crippen LogP contribution < -0.4 is 0 Å². The Morgan fingerprint density at radius 2 is 2.08 bits per heavy atom. The van der Waals surface area contributed by atoms with Crippen molar-refractivity contribution >= 4 is 17.4 Å². The van der Waals surface area contributed by atoms with Gasteiger partial charge in [0.1, 0.15) is 11.5 Å². The molecule has 0 unspecified atom stereocenters. The second-order valence-electron chi connectivity index (χ2n) is 3.28. The number of ketones is 1. The van der Waals surface area contributed by atoms with Crippen LogP contribution in [0.2, 0.25) is 5.02 Å². The van der Waals surface area contributed by atoms with Gasteiger partial charge in [-0.3, -0.25) is 4.79 Å². The fourth-order valence-corrected chi connectivity index (χ4v) is 1.96. The molecule has 0 saturated carbocycles. The largest absolute Gasteiger partial charge is 0.508 e. The molecule has 0 saturated heterocycles. The number of rotatable bonds is 0. The van der Waals surface area contributed by atoms with Crippen LogP contribution in [-0.2, 0) is 17.6 Å². The van der Waals surface area contributed by atoms with Crippen molar-refractivity contribution in [2.45, 2.75) is 19.3 Å². The van der Waals surface area contributed by atoms with Crippen molar-refractivity contribution in [1.29, 1.82) is 0 Å². The first kappa shape index (κ1) is 8.57. The lowest BCUT2D eigenvalue weighted by molar-refractivity contribution is -0.118. The molecule has 0 radical (unpaired) electrons. The number of aromatic hydroxyl groups is 1. The summed E-state index contributed by atoms with van der Waals surface area (Å²) < 4.78 is 0. The molecule has 0 heterocycles. The first-order valence-corrected chi connectivity index (χ1v) is 4.56. The molecule has 1 aromatic rings. The van der Waals surface area contributed by atoms with Gasteiger partial charge in [0.15, 0.2) is 0 Å². The van der Waals surface area contributed by atoms with E-state index in [0.29, 0.717) is 24.3 Å². The van der Waals surface area contributed by atoms with Crippen LogP contribution in [0.5, 0.6) is 5.75 Å². The van der Waals surface area contributed by atoms with Crippen molar-refractivity contribution < 1.29 is 9.90 Å². The van der Waals surface area contributed by atoms with Crippen molar-refractivity contribution in [2.24, 2.45) is 0 Å². The standard InChI is InChI=1S/C10H9ClO2/c11-10-5-8(13)3-6-1-2-7(12)4-9(6)10/h3,5,13H,1-2,4H2. The van der Waals surface area contributed by atoms with Gasteiger partial charge in [0, 0.05) is 17.9 Å². The van der Waals surface area contributed by atoms with E-state index >= 15 is 0 Å². The third kappa shape index (κ3) is 1.54. The molecule has 2 nitrogen and oxygen atoms in total. The molecule has 0 aromatic heterocycles. The number of carbonyl (C=O) groups excluding carboxylic acids is 1. The monoisotopic (exact) mass is 196 g/mol. The van der Waals surface area contributed by atoms with Gasteiger partial charge >= 0.3 is 0 Å². The molecular weight excluding hydrogens is 188 g/mol. The minimum absolute atomic E-state index is 0.179. The van der Waals surface area contributed by atoms with Crippen LogP contribution >= 0.6 is 11.6 Å². The number of aryl methyl sites for hydroxylation is 1. The van der Waals surface area contributed by atoms with Gasteiger partial charge in [0.2, 0.25) is 0 Å². The summed E-state index contributed by atoms with van der Waals surface area (Å²) in [6.45, 7) is 0. The average molecular weight is 197 g/mol. The Hall–Kier alpha value is -1.02. The van der Waals surface area contributed by atoms with E-state index in [0.717, 1.165) is 11.1 Å². The van der Waals surface area contributed by atoms with Crippen molar-refractivity contribution in [3.05, 3.63) is 28.3 Å². The second-order valence-corrected chi connectivity index (χ2v) is 3.69. The minimum Gasteiger partial charge on any atom is -0.508 e. The predicted molar refractivity (Wildman–Crippen MR) is 50.1 cm³/mol. The molecule has 1 aliphatic rings. The number of Topliss-reactive ketones (excluding diaryl/α,β-unsaturated/α-hetero) is 1. The fourth-order valence-electron chi connectivity index (χ4n) is 1.66. The van der Waals surface area contributed by atoms with Gasteiger partial charge in [-0.25, -0.2) is 0 Å². The number of carbonyl (C=O) groups is 1. The summed E-state index contributed by atoms with van der Waals surface area (Å²) in [4.78, 5) is 11.1. The van der Waals surface area contributed by atoms with Crippen LogP contribution in [0, 0.1) is 0 Å². The molecule has 0 aliphatic heterocycles. The number of phenols is 1. The molecule has 0 amide bonds. The van der Waals surface area contributed by atoms with Gasteiger partial charge < -0.3 is 5.11 Å². The van der Waals surface area contributed by atoms with Crippen molar-refractivity contribution in [3.63, 3.8) is 0 Å². The van der Waals surface area contributed by atoms with E-state index in [-0.39, 0.29) is 11.5 Å². The molecule has 1 aromatic carbocycles. The molecule has 0 bridgehead atoms. The maximum absolute atomic E-state index is 11.1. The number of hydrogen-bond acceptors (Lipinski definition) is 2. The number of halogens is 1. The smallest absolute Gasteiger partial charge is 0.137 e. The third-order valence-electron chi connectivity index (χ3n) is 2.32. The Morgan fingerprint density at radius 1 is 1.31 bits per heavy atom. The quantitative estimate of drug-likeness (QED) is 0.690. The molecule has 2 rings (SSSR count). The van der Waals surface area contributed by atoms with Gasteiger partial charge in [0.25, 0.3) is 0 Å². The van der Waals surface area contributed by atoms with E-state index < -0.39 is 0 Å². The molecule has 1 aliphatic carbocycles. The van der Waals surface area contributed by atoms with E-state index in [4.69, 9.17) is 11.6 Å². The van der Waals surface area contributed by atoms with Crippen LogP contribution in [-0.4, -0.2) is 10.9 Å². The molecule has 1 N–H and O–H groups in total. The predicted octanol–water partition coefficient (Wildman–Crippen LogP) is 2.10. The Morgan fingerprint density at radius 3 is 2.85 bits per heavy atom. The first-order valence-electron chi connectivity index (χ1n) is 4.19. The van der Waals surface area contributed by atoms with E-state index in [9.17, 15) is 9.90 Å². The van der Waals surface area contributed by atoms with Gasteiger partial charge in [-0.1, -0.05) is 11.6 Å². The van der Waals surface area contributed by atoms with E-state index in [1.165, 1.54) is 6.07 Å². The highest BCUT2D eigenvalue weighted by atomic mass is 35.5.